The summed E-state index contributed by atoms with van der Waals surface area (Å²) in [5, 5.41) is 0. The molecule has 0 N–H and O–H groups in total. The van der Waals surface area contributed by atoms with E-state index in [4.69, 9.17) is 4.74 Å². The summed E-state index contributed by atoms with van der Waals surface area (Å²) < 4.78 is 5.95. The molecule has 1 atom stereocenters. The van der Waals surface area contributed by atoms with Crippen molar-refractivity contribution in [2.24, 2.45) is 0 Å². The van der Waals surface area contributed by atoms with Crippen LogP contribution in [0.3, 0.4) is 0 Å². The summed E-state index contributed by atoms with van der Waals surface area (Å²) in [5.41, 5.74) is 1.14. The highest BCUT2D eigenvalue weighted by molar-refractivity contribution is 5.76. The minimum atomic E-state index is -0.184. The molecule has 3 heteroatoms. The van der Waals surface area contributed by atoms with E-state index in [0.29, 0.717) is 19.6 Å². The molecular weight excluding hydrogens is 250 g/mol. The normalized spacial score (nSPS) is 21.8. The van der Waals surface area contributed by atoms with E-state index >= 15 is 0 Å². The second kappa shape index (κ2) is 6.40. The summed E-state index contributed by atoms with van der Waals surface area (Å²) in [6.45, 7) is 7.42. The predicted octanol–water partition coefficient (Wildman–Crippen LogP) is 3.04. The quantitative estimate of drug-likeness (QED) is 0.845. The second-order valence-electron chi connectivity index (χ2n) is 6.13. The maximum absolute atomic E-state index is 12.1. The molecule has 3 nitrogen and oxygen atoms in total. The molecule has 0 radical (unpaired) electrons. The van der Waals surface area contributed by atoms with Gasteiger partial charge in [0.1, 0.15) is 0 Å². The van der Waals surface area contributed by atoms with Gasteiger partial charge in [-0.05, 0) is 32.3 Å². The number of carbonyl (C=O) groups excluding carboxylic acids is 1. The number of ether oxygens (including phenoxy) is 1. The van der Waals surface area contributed by atoms with Crippen molar-refractivity contribution in [3.63, 3.8) is 0 Å². The molecule has 110 valence electrons. The molecule has 1 unspecified atom stereocenters. The van der Waals surface area contributed by atoms with E-state index in [-0.39, 0.29) is 17.6 Å². The van der Waals surface area contributed by atoms with E-state index in [1.807, 2.05) is 17.9 Å². The summed E-state index contributed by atoms with van der Waals surface area (Å²) in [7, 11) is 0. The van der Waals surface area contributed by atoms with Gasteiger partial charge in [-0.2, -0.15) is 0 Å². The van der Waals surface area contributed by atoms with Crippen molar-refractivity contribution in [3.8, 4) is 0 Å². The van der Waals surface area contributed by atoms with Crippen LogP contribution in [0, 0.1) is 0 Å². The van der Waals surface area contributed by atoms with Gasteiger partial charge in [0.25, 0.3) is 0 Å². The number of aryl methyl sites for hydroxylation is 1. The number of rotatable bonds is 4. The molecule has 20 heavy (non-hydrogen) atoms. The SMILES string of the molecule is CCC(=O)N1CC(CCc2ccccc2)OCC1(C)C. The van der Waals surface area contributed by atoms with Gasteiger partial charge in [-0.15, -0.1) is 0 Å². The number of nitrogens with zero attached hydrogens (tertiary/aromatic N) is 1. The molecule has 0 aliphatic carbocycles. The van der Waals surface area contributed by atoms with Crippen LogP contribution in [-0.4, -0.2) is 35.6 Å². The van der Waals surface area contributed by atoms with E-state index in [1.54, 1.807) is 0 Å². The lowest BCUT2D eigenvalue weighted by atomic mass is 9.98. The summed E-state index contributed by atoms with van der Waals surface area (Å²) in [5.74, 6) is 0.225. The van der Waals surface area contributed by atoms with Gasteiger partial charge in [0.05, 0.1) is 18.2 Å². The van der Waals surface area contributed by atoms with Gasteiger partial charge >= 0.3 is 0 Å². The Balaban J connectivity index is 1.93. The average molecular weight is 275 g/mol. The number of amides is 1. The van der Waals surface area contributed by atoms with Crippen molar-refractivity contribution in [1.82, 2.24) is 4.90 Å². The smallest absolute Gasteiger partial charge is 0.222 e. The highest BCUT2D eigenvalue weighted by Crippen LogP contribution is 2.24. The molecule has 0 aromatic heterocycles. The number of benzene rings is 1. The molecule has 2 rings (SSSR count). The highest BCUT2D eigenvalue weighted by atomic mass is 16.5. The third-order valence-electron chi connectivity index (χ3n) is 3.99. The van der Waals surface area contributed by atoms with Gasteiger partial charge in [0.2, 0.25) is 5.91 Å². The van der Waals surface area contributed by atoms with Crippen LogP contribution in [0.15, 0.2) is 30.3 Å². The number of hydrogen-bond acceptors (Lipinski definition) is 2. The average Bonchev–Trinajstić information content (AvgIpc) is 2.46. The third kappa shape index (κ3) is 3.60. The minimum absolute atomic E-state index is 0.152. The molecule has 1 aromatic rings. The van der Waals surface area contributed by atoms with Crippen LogP contribution in [0.2, 0.25) is 0 Å². The van der Waals surface area contributed by atoms with Gasteiger partial charge in [-0.25, -0.2) is 0 Å². The van der Waals surface area contributed by atoms with E-state index in [0.717, 1.165) is 12.8 Å². The van der Waals surface area contributed by atoms with Crippen molar-refractivity contribution in [1.29, 1.82) is 0 Å². The van der Waals surface area contributed by atoms with E-state index in [1.165, 1.54) is 5.56 Å². The third-order valence-corrected chi connectivity index (χ3v) is 3.99. The Hall–Kier alpha value is -1.35. The topological polar surface area (TPSA) is 29.5 Å². The molecule has 1 aliphatic rings. The zero-order valence-electron chi connectivity index (χ0n) is 12.8. The van der Waals surface area contributed by atoms with Gasteiger partial charge in [-0.1, -0.05) is 37.3 Å². The standard InChI is InChI=1S/C17H25NO2/c1-4-16(19)18-12-15(20-13-17(18,2)3)11-10-14-8-6-5-7-9-14/h5-9,15H,4,10-13H2,1-3H3. The predicted molar refractivity (Wildman–Crippen MR) is 80.6 cm³/mol. The van der Waals surface area contributed by atoms with Gasteiger partial charge in [0.15, 0.2) is 0 Å². The monoisotopic (exact) mass is 275 g/mol. The molecule has 1 aliphatic heterocycles. The van der Waals surface area contributed by atoms with Crippen LogP contribution in [0.1, 0.15) is 39.2 Å². The molecule has 1 heterocycles. The first-order chi connectivity index (χ1) is 9.53. The Kier molecular flexibility index (Phi) is 4.81. The van der Waals surface area contributed by atoms with Crippen LogP contribution in [0.4, 0.5) is 0 Å². The second-order valence-corrected chi connectivity index (χ2v) is 6.13. The fourth-order valence-electron chi connectivity index (χ4n) is 2.68. The van der Waals surface area contributed by atoms with Crippen LogP contribution in [-0.2, 0) is 16.0 Å². The first-order valence-electron chi connectivity index (χ1n) is 7.49. The first-order valence-corrected chi connectivity index (χ1v) is 7.49. The molecule has 1 saturated heterocycles. The van der Waals surface area contributed by atoms with Gasteiger partial charge in [0, 0.05) is 13.0 Å². The summed E-state index contributed by atoms with van der Waals surface area (Å²) in [4.78, 5) is 14.1. The van der Waals surface area contributed by atoms with Crippen molar-refractivity contribution in [2.75, 3.05) is 13.2 Å². The molecule has 1 fully saturated rings. The molecule has 0 spiro atoms. The lowest BCUT2D eigenvalue weighted by molar-refractivity contribution is -0.154. The Bertz CT molecular complexity index is 442. The van der Waals surface area contributed by atoms with Crippen LogP contribution >= 0.6 is 0 Å². The maximum atomic E-state index is 12.1. The van der Waals surface area contributed by atoms with Crippen LogP contribution in [0.5, 0.6) is 0 Å². The fraction of sp³-hybridized carbons (Fsp3) is 0.588. The zero-order chi connectivity index (χ0) is 14.6. The molecule has 1 amide bonds. The van der Waals surface area contributed by atoms with Crippen LogP contribution in [0.25, 0.3) is 0 Å². The highest BCUT2D eigenvalue weighted by Gasteiger charge is 2.37. The first kappa shape index (κ1) is 15.0. The van der Waals surface area contributed by atoms with Crippen molar-refractivity contribution in [3.05, 3.63) is 35.9 Å². The largest absolute Gasteiger partial charge is 0.374 e. The van der Waals surface area contributed by atoms with E-state index in [9.17, 15) is 4.79 Å². The number of carbonyl (C=O) groups is 1. The number of morpholine rings is 1. The molecular formula is C17H25NO2. The van der Waals surface area contributed by atoms with E-state index in [2.05, 4.69) is 38.1 Å². The fourth-order valence-corrected chi connectivity index (χ4v) is 2.68. The van der Waals surface area contributed by atoms with Gasteiger partial charge in [-0.3, -0.25) is 4.79 Å². The van der Waals surface area contributed by atoms with Crippen LogP contribution < -0.4 is 0 Å². The summed E-state index contributed by atoms with van der Waals surface area (Å²) in [6, 6.07) is 10.4. The maximum Gasteiger partial charge on any atom is 0.222 e. The summed E-state index contributed by atoms with van der Waals surface area (Å²) in [6.07, 6.45) is 2.68. The van der Waals surface area contributed by atoms with Crippen molar-refractivity contribution >= 4 is 5.91 Å². The lowest BCUT2D eigenvalue weighted by Gasteiger charge is -2.45. The molecule has 1 aromatic carbocycles. The van der Waals surface area contributed by atoms with E-state index < -0.39 is 0 Å². The minimum Gasteiger partial charge on any atom is -0.374 e. The van der Waals surface area contributed by atoms with Gasteiger partial charge < -0.3 is 9.64 Å². The van der Waals surface area contributed by atoms with Crippen molar-refractivity contribution < 1.29 is 9.53 Å². The Labute approximate surface area is 121 Å². The Morgan fingerprint density at radius 2 is 2.05 bits per heavy atom. The van der Waals surface area contributed by atoms with Crippen molar-refractivity contribution in [2.45, 2.75) is 51.7 Å². The molecule has 0 saturated carbocycles. The lowest BCUT2D eigenvalue weighted by Crippen LogP contribution is -2.58. The Morgan fingerprint density at radius 1 is 1.35 bits per heavy atom. The molecule has 0 bridgehead atoms. The zero-order valence-corrected chi connectivity index (χ0v) is 12.8. The summed E-state index contributed by atoms with van der Waals surface area (Å²) >= 11 is 0. The number of hydrogen-bond donors (Lipinski definition) is 0. The Morgan fingerprint density at radius 3 is 2.70 bits per heavy atom.